The SMILES string of the molecule is COc1ccc(N2CCN(c3nccc(-c4ccccn4)n3)CC2)cc1. The third kappa shape index (κ3) is 3.44. The van der Waals surface area contributed by atoms with Gasteiger partial charge in [-0.3, -0.25) is 4.98 Å². The number of ether oxygens (including phenoxy) is 1. The number of anilines is 2. The minimum atomic E-state index is 0.766. The van der Waals surface area contributed by atoms with Crippen molar-refractivity contribution in [3.05, 3.63) is 60.9 Å². The maximum atomic E-state index is 5.23. The van der Waals surface area contributed by atoms with Crippen LogP contribution in [0.1, 0.15) is 0 Å². The highest BCUT2D eigenvalue weighted by Gasteiger charge is 2.19. The van der Waals surface area contributed by atoms with Crippen LogP contribution in [-0.2, 0) is 0 Å². The molecule has 6 nitrogen and oxygen atoms in total. The minimum absolute atomic E-state index is 0.766. The summed E-state index contributed by atoms with van der Waals surface area (Å²) in [5.41, 5.74) is 2.94. The highest BCUT2D eigenvalue weighted by Crippen LogP contribution is 2.22. The van der Waals surface area contributed by atoms with E-state index in [0.29, 0.717) is 0 Å². The van der Waals surface area contributed by atoms with E-state index in [9.17, 15) is 0 Å². The van der Waals surface area contributed by atoms with E-state index in [1.165, 1.54) is 5.69 Å². The highest BCUT2D eigenvalue weighted by molar-refractivity contribution is 5.56. The molecule has 1 aromatic carbocycles. The third-order valence-corrected chi connectivity index (χ3v) is 4.57. The van der Waals surface area contributed by atoms with Crippen molar-refractivity contribution in [1.82, 2.24) is 15.0 Å². The van der Waals surface area contributed by atoms with Crippen molar-refractivity contribution in [2.45, 2.75) is 0 Å². The molecule has 0 bridgehead atoms. The molecule has 0 unspecified atom stereocenters. The summed E-state index contributed by atoms with van der Waals surface area (Å²) in [6.07, 6.45) is 3.59. The van der Waals surface area contributed by atoms with Gasteiger partial charge in [0.15, 0.2) is 0 Å². The Labute approximate surface area is 153 Å². The summed E-state index contributed by atoms with van der Waals surface area (Å²) in [7, 11) is 1.69. The molecule has 2 aromatic heterocycles. The maximum Gasteiger partial charge on any atom is 0.226 e. The van der Waals surface area contributed by atoms with Gasteiger partial charge in [-0.05, 0) is 42.5 Å². The molecular formula is C20H21N5O. The predicted octanol–water partition coefficient (Wildman–Crippen LogP) is 2.87. The molecule has 0 N–H and O–H groups in total. The molecule has 0 spiro atoms. The van der Waals surface area contributed by atoms with E-state index in [-0.39, 0.29) is 0 Å². The quantitative estimate of drug-likeness (QED) is 0.723. The van der Waals surface area contributed by atoms with Gasteiger partial charge < -0.3 is 14.5 Å². The summed E-state index contributed by atoms with van der Waals surface area (Å²) in [5, 5.41) is 0. The fraction of sp³-hybridized carbons (Fsp3) is 0.250. The van der Waals surface area contributed by atoms with Crippen LogP contribution >= 0.6 is 0 Å². The van der Waals surface area contributed by atoms with Gasteiger partial charge >= 0.3 is 0 Å². The molecule has 26 heavy (non-hydrogen) atoms. The lowest BCUT2D eigenvalue weighted by atomic mass is 10.2. The van der Waals surface area contributed by atoms with Crippen LogP contribution in [0.3, 0.4) is 0 Å². The predicted molar refractivity (Wildman–Crippen MR) is 103 cm³/mol. The van der Waals surface area contributed by atoms with E-state index in [1.54, 1.807) is 13.3 Å². The topological polar surface area (TPSA) is 54.4 Å². The summed E-state index contributed by atoms with van der Waals surface area (Å²) in [4.78, 5) is 18.1. The lowest BCUT2D eigenvalue weighted by Crippen LogP contribution is -2.47. The molecule has 6 heteroatoms. The summed E-state index contributed by atoms with van der Waals surface area (Å²) >= 11 is 0. The number of hydrogen-bond donors (Lipinski definition) is 0. The highest BCUT2D eigenvalue weighted by atomic mass is 16.5. The fourth-order valence-corrected chi connectivity index (χ4v) is 3.12. The molecule has 0 amide bonds. The van der Waals surface area contributed by atoms with Crippen LogP contribution in [-0.4, -0.2) is 48.2 Å². The van der Waals surface area contributed by atoms with E-state index >= 15 is 0 Å². The van der Waals surface area contributed by atoms with Crippen molar-refractivity contribution in [1.29, 1.82) is 0 Å². The van der Waals surface area contributed by atoms with Crippen molar-refractivity contribution >= 4 is 11.6 Å². The second-order valence-corrected chi connectivity index (χ2v) is 6.13. The first-order chi connectivity index (χ1) is 12.8. The van der Waals surface area contributed by atoms with Crippen molar-refractivity contribution in [3.63, 3.8) is 0 Å². The number of hydrogen-bond acceptors (Lipinski definition) is 6. The van der Waals surface area contributed by atoms with Crippen molar-refractivity contribution in [3.8, 4) is 17.1 Å². The largest absolute Gasteiger partial charge is 0.497 e. The van der Waals surface area contributed by atoms with E-state index in [1.807, 2.05) is 42.6 Å². The van der Waals surface area contributed by atoms with Crippen molar-refractivity contribution in [2.24, 2.45) is 0 Å². The smallest absolute Gasteiger partial charge is 0.226 e. The Hall–Kier alpha value is -3.15. The minimum Gasteiger partial charge on any atom is -0.497 e. The number of methoxy groups -OCH3 is 1. The second-order valence-electron chi connectivity index (χ2n) is 6.13. The Morgan fingerprint density at radius 3 is 2.23 bits per heavy atom. The number of benzene rings is 1. The summed E-state index contributed by atoms with van der Waals surface area (Å²) < 4.78 is 5.23. The van der Waals surface area contributed by atoms with Gasteiger partial charge in [0.2, 0.25) is 5.95 Å². The lowest BCUT2D eigenvalue weighted by Gasteiger charge is -2.36. The Balaban J connectivity index is 1.44. The molecule has 3 aromatic rings. The second kappa shape index (κ2) is 7.39. The van der Waals surface area contributed by atoms with Gasteiger partial charge in [-0.25, -0.2) is 9.97 Å². The average molecular weight is 347 g/mol. The molecule has 0 radical (unpaired) electrons. The fourth-order valence-electron chi connectivity index (χ4n) is 3.12. The van der Waals surface area contributed by atoms with Crippen LogP contribution in [0, 0.1) is 0 Å². The molecule has 132 valence electrons. The first kappa shape index (κ1) is 16.3. The van der Waals surface area contributed by atoms with Gasteiger partial charge in [0.05, 0.1) is 18.5 Å². The summed E-state index contributed by atoms with van der Waals surface area (Å²) in [5.74, 6) is 1.65. The number of piperazine rings is 1. The third-order valence-electron chi connectivity index (χ3n) is 4.57. The van der Waals surface area contributed by atoms with Crippen molar-refractivity contribution < 1.29 is 4.74 Å². The number of pyridine rings is 1. The van der Waals surface area contributed by atoms with Gasteiger partial charge in [-0.2, -0.15) is 0 Å². The van der Waals surface area contributed by atoms with Gasteiger partial charge in [-0.1, -0.05) is 6.07 Å². The molecule has 0 atom stereocenters. The zero-order valence-electron chi connectivity index (χ0n) is 14.7. The van der Waals surface area contributed by atoms with E-state index in [2.05, 4.69) is 31.9 Å². The average Bonchev–Trinajstić information content (AvgIpc) is 2.75. The van der Waals surface area contributed by atoms with Crippen LogP contribution in [0.2, 0.25) is 0 Å². The zero-order chi connectivity index (χ0) is 17.8. The molecule has 0 aliphatic carbocycles. The number of aromatic nitrogens is 3. The Bertz CT molecular complexity index is 846. The van der Waals surface area contributed by atoms with Crippen LogP contribution < -0.4 is 14.5 Å². The van der Waals surface area contributed by atoms with Crippen LogP contribution in [0.4, 0.5) is 11.6 Å². The molecule has 1 aliphatic heterocycles. The van der Waals surface area contributed by atoms with Gasteiger partial charge in [0.25, 0.3) is 0 Å². The zero-order valence-corrected chi connectivity index (χ0v) is 14.7. The molecular weight excluding hydrogens is 326 g/mol. The van der Waals surface area contributed by atoms with E-state index in [4.69, 9.17) is 9.72 Å². The standard InChI is InChI=1S/C20H21N5O/c1-26-17-7-5-16(6-8-17)24-12-14-25(15-13-24)20-22-11-9-19(23-20)18-4-2-3-10-21-18/h2-11H,12-15H2,1H3. The number of nitrogens with zero attached hydrogens (tertiary/aromatic N) is 5. The first-order valence-corrected chi connectivity index (χ1v) is 8.72. The monoisotopic (exact) mass is 347 g/mol. The maximum absolute atomic E-state index is 5.23. The lowest BCUT2D eigenvalue weighted by molar-refractivity contribution is 0.415. The van der Waals surface area contributed by atoms with Gasteiger partial charge in [0.1, 0.15) is 5.75 Å². The molecule has 3 heterocycles. The Morgan fingerprint density at radius 1 is 0.769 bits per heavy atom. The molecule has 0 saturated carbocycles. The van der Waals surface area contributed by atoms with E-state index < -0.39 is 0 Å². The Kier molecular flexibility index (Phi) is 4.64. The van der Waals surface area contributed by atoms with Crippen LogP contribution in [0.5, 0.6) is 5.75 Å². The molecule has 1 fully saturated rings. The first-order valence-electron chi connectivity index (χ1n) is 8.72. The van der Waals surface area contributed by atoms with Crippen LogP contribution in [0.15, 0.2) is 60.9 Å². The van der Waals surface area contributed by atoms with Crippen molar-refractivity contribution in [2.75, 3.05) is 43.1 Å². The molecule has 1 saturated heterocycles. The Morgan fingerprint density at radius 2 is 1.54 bits per heavy atom. The normalized spacial score (nSPS) is 14.3. The van der Waals surface area contributed by atoms with Gasteiger partial charge in [0, 0.05) is 44.3 Å². The summed E-state index contributed by atoms with van der Waals surface area (Å²) in [6.45, 7) is 3.64. The van der Waals surface area contributed by atoms with Crippen LogP contribution in [0.25, 0.3) is 11.4 Å². The molecule has 1 aliphatic rings. The number of rotatable bonds is 4. The van der Waals surface area contributed by atoms with Gasteiger partial charge in [-0.15, -0.1) is 0 Å². The summed E-state index contributed by atoms with van der Waals surface area (Å²) in [6, 6.07) is 16.0. The molecule has 4 rings (SSSR count). The van der Waals surface area contributed by atoms with E-state index in [0.717, 1.165) is 49.3 Å².